The van der Waals surface area contributed by atoms with Crippen LogP contribution in [0.3, 0.4) is 0 Å². The number of aromatic nitrogens is 1. The molecular formula is C7H6BrF2IN2. The minimum atomic E-state index is -2.53. The summed E-state index contributed by atoms with van der Waals surface area (Å²) in [5.41, 5.74) is 5.72. The minimum Gasteiger partial charge on any atom is -0.326 e. The summed E-state index contributed by atoms with van der Waals surface area (Å²) in [5.74, 6) is 0. The smallest absolute Gasteiger partial charge is 0.266 e. The fourth-order valence-electron chi connectivity index (χ4n) is 0.943. The van der Waals surface area contributed by atoms with Gasteiger partial charge in [-0.3, -0.25) is 0 Å². The van der Waals surface area contributed by atoms with Gasteiger partial charge in [-0.05, 0) is 44.1 Å². The Hall–Kier alpha value is 0.180. The van der Waals surface area contributed by atoms with E-state index in [1.807, 2.05) is 0 Å². The summed E-state index contributed by atoms with van der Waals surface area (Å²) in [7, 11) is 0. The highest BCUT2D eigenvalue weighted by atomic mass is 127. The van der Waals surface area contributed by atoms with Crippen LogP contribution >= 0.6 is 38.5 Å². The molecule has 2 N–H and O–H groups in total. The van der Waals surface area contributed by atoms with Crippen molar-refractivity contribution >= 4 is 38.5 Å². The maximum atomic E-state index is 12.5. The van der Waals surface area contributed by atoms with Crippen molar-refractivity contribution in [2.24, 2.45) is 5.73 Å². The first-order chi connectivity index (χ1) is 6.07. The monoisotopic (exact) mass is 362 g/mol. The highest BCUT2D eigenvalue weighted by Crippen LogP contribution is 2.30. The van der Waals surface area contributed by atoms with E-state index in [-0.39, 0.29) is 12.1 Å². The first-order valence-electron chi connectivity index (χ1n) is 3.39. The Labute approximate surface area is 96.2 Å². The second kappa shape index (κ2) is 4.61. The van der Waals surface area contributed by atoms with Gasteiger partial charge in [-0.2, -0.15) is 0 Å². The third-order valence-corrected chi connectivity index (χ3v) is 3.09. The summed E-state index contributed by atoms with van der Waals surface area (Å²) < 4.78 is 25.9. The Balaban J connectivity index is 3.35. The van der Waals surface area contributed by atoms with Gasteiger partial charge in [-0.1, -0.05) is 0 Å². The molecule has 0 atom stereocenters. The predicted molar refractivity (Wildman–Crippen MR) is 57.5 cm³/mol. The van der Waals surface area contributed by atoms with Crippen molar-refractivity contribution in [1.29, 1.82) is 0 Å². The van der Waals surface area contributed by atoms with Crippen molar-refractivity contribution in [1.82, 2.24) is 4.98 Å². The molecular weight excluding hydrogens is 357 g/mol. The van der Waals surface area contributed by atoms with Gasteiger partial charge in [0.1, 0.15) is 3.70 Å². The molecule has 0 amide bonds. The summed E-state index contributed by atoms with van der Waals surface area (Å²) in [6.07, 6.45) is -1.05. The SMILES string of the molecule is NCc1c(Br)cnc(I)c1C(F)F. The van der Waals surface area contributed by atoms with Gasteiger partial charge >= 0.3 is 0 Å². The van der Waals surface area contributed by atoms with Crippen LogP contribution in [-0.4, -0.2) is 4.98 Å². The van der Waals surface area contributed by atoms with Crippen LogP contribution in [0.2, 0.25) is 0 Å². The van der Waals surface area contributed by atoms with Crippen molar-refractivity contribution in [3.8, 4) is 0 Å². The van der Waals surface area contributed by atoms with Crippen molar-refractivity contribution in [2.45, 2.75) is 13.0 Å². The van der Waals surface area contributed by atoms with Gasteiger partial charge in [0, 0.05) is 17.2 Å². The molecule has 13 heavy (non-hydrogen) atoms. The van der Waals surface area contributed by atoms with Gasteiger partial charge < -0.3 is 5.73 Å². The van der Waals surface area contributed by atoms with E-state index in [2.05, 4.69) is 20.9 Å². The standard InChI is InChI=1S/C7H6BrF2IN2/c8-4-2-13-7(11)5(6(9)10)3(4)1-12/h2,6H,1,12H2. The molecule has 0 aliphatic rings. The van der Waals surface area contributed by atoms with Crippen LogP contribution in [0.15, 0.2) is 10.7 Å². The summed E-state index contributed by atoms with van der Waals surface area (Å²) in [4.78, 5) is 3.81. The number of hydrogen-bond acceptors (Lipinski definition) is 2. The molecule has 1 heterocycles. The Bertz CT molecular complexity index is 320. The molecule has 72 valence electrons. The number of alkyl halides is 2. The average Bonchev–Trinajstić information content (AvgIpc) is 2.07. The second-order valence-electron chi connectivity index (χ2n) is 2.29. The van der Waals surface area contributed by atoms with E-state index >= 15 is 0 Å². The Morgan fingerprint density at radius 1 is 1.62 bits per heavy atom. The van der Waals surface area contributed by atoms with E-state index in [4.69, 9.17) is 5.73 Å². The van der Waals surface area contributed by atoms with Crippen LogP contribution in [0.25, 0.3) is 0 Å². The summed E-state index contributed by atoms with van der Waals surface area (Å²) in [6, 6.07) is 0. The molecule has 0 aromatic carbocycles. The van der Waals surface area contributed by atoms with Crippen molar-refractivity contribution in [3.63, 3.8) is 0 Å². The van der Waals surface area contributed by atoms with Crippen LogP contribution in [0.1, 0.15) is 17.6 Å². The highest BCUT2D eigenvalue weighted by molar-refractivity contribution is 14.1. The Morgan fingerprint density at radius 3 is 2.62 bits per heavy atom. The molecule has 0 radical (unpaired) electrons. The van der Waals surface area contributed by atoms with Gasteiger partial charge in [-0.15, -0.1) is 0 Å². The highest BCUT2D eigenvalue weighted by Gasteiger charge is 2.18. The normalized spacial score (nSPS) is 10.9. The van der Waals surface area contributed by atoms with E-state index in [1.54, 1.807) is 22.6 Å². The zero-order valence-electron chi connectivity index (χ0n) is 6.40. The van der Waals surface area contributed by atoms with E-state index in [1.165, 1.54) is 6.20 Å². The maximum Gasteiger partial charge on any atom is 0.266 e. The first kappa shape index (κ1) is 11.3. The number of hydrogen-bond donors (Lipinski definition) is 1. The topological polar surface area (TPSA) is 38.9 Å². The number of halogens is 4. The van der Waals surface area contributed by atoms with Gasteiger partial charge in [0.05, 0.1) is 5.56 Å². The lowest BCUT2D eigenvalue weighted by molar-refractivity contribution is 0.148. The molecule has 0 spiro atoms. The van der Waals surface area contributed by atoms with Crippen molar-refractivity contribution in [2.75, 3.05) is 0 Å². The molecule has 0 saturated carbocycles. The molecule has 0 unspecified atom stereocenters. The first-order valence-corrected chi connectivity index (χ1v) is 5.26. The van der Waals surface area contributed by atoms with Crippen molar-refractivity contribution in [3.05, 3.63) is 25.5 Å². The largest absolute Gasteiger partial charge is 0.326 e. The van der Waals surface area contributed by atoms with Crippen LogP contribution in [0, 0.1) is 3.70 Å². The van der Waals surface area contributed by atoms with Crippen LogP contribution in [0.5, 0.6) is 0 Å². The van der Waals surface area contributed by atoms with Crippen LogP contribution in [0.4, 0.5) is 8.78 Å². The fraction of sp³-hybridized carbons (Fsp3) is 0.286. The predicted octanol–water partition coefficient (Wildman–Crippen LogP) is 2.85. The van der Waals surface area contributed by atoms with Gasteiger partial charge in [-0.25, -0.2) is 13.8 Å². The molecule has 1 aromatic rings. The summed E-state index contributed by atoms with van der Waals surface area (Å²) >= 11 is 4.90. The van der Waals surface area contributed by atoms with E-state index in [0.717, 1.165) is 0 Å². The zero-order valence-corrected chi connectivity index (χ0v) is 10.1. The van der Waals surface area contributed by atoms with E-state index < -0.39 is 6.43 Å². The van der Waals surface area contributed by atoms with E-state index in [0.29, 0.717) is 13.7 Å². The molecule has 0 saturated heterocycles. The lowest BCUT2D eigenvalue weighted by atomic mass is 10.1. The minimum absolute atomic E-state index is 0.0718. The molecule has 0 bridgehead atoms. The third-order valence-electron chi connectivity index (χ3n) is 1.55. The second-order valence-corrected chi connectivity index (χ2v) is 4.17. The number of rotatable bonds is 2. The average molecular weight is 363 g/mol. The van der Waals surface area contributed by atoms with Gasteiger partial charge in [0.25, 0.3) is 6.43 Å². The number of nitrogens with zero attached hydrogens (tertiary/aromatic N) is 1. The molecule has 0 aliphatic carbocycles. The molecule has 6 heteroatoms. The number of nitrogens with two attached hydrogens (primary N) is 1. The van der Waals surface area contributed by atoms with Crippen LogP contribution in [-0.2, 0) is 6.54 Å². The van der Waals surface area contributed by atoms with E-state index in [9.17, 15) is 8.78 Å². The van der Waals surface area contributed by atoms with Crippen molar-refractivity contribution < 1.29 is 8.78 Å². The zero-order chi connectivity index (χ0) is 10.0. The Morgan fingerprint density at radius 2 is 2.23 bits per heavy atom. The third kappa shape index (κ3) is 2.35. The molecule has 1 rings (SSSR count). The van der Waals surface area contributed by atoms with Gasteiger partial charge in [0.2, 0.25) is 0 Å². The maximum absolute atomic E-state index is 12.5. The Kier molecular flexibility index (Phi) is 3.99. The summed E-state index contributed by atoms with van der Waals surface area (Å²) in [6.45, 7) is 0.0821. The van der Waals surface area contributed by atoms with Gasteiger partial charge in [0.15, 0.2) is 0 Å². The molecule has 0 fully saturated rings. The quantitative estimate of drug-likeness (QED) is 0.649. The fourth-order valence-corrected chi connectivity index (χ4v) is 2.12. The molecule has 2 nitrogen and oxygen atoms in total. The lowest BCUT2D eigenvalue weighted by Gasteiger charge is -2.09. The lowest BCUT2D eigenvalue weighted by Crippen LogP contribution is -2.06. The van der Waals surface area contributed by atoms with Crippen LogP contribution < -0.4 is 5.73 Å². The molecule has 1 aromatic heterocycles. The molecule has 0 aliphatic heterocycles. The number of pyridine rings is 1. The summed E-state index contributed by atoms with van der Waals surface area (Å²) in [5, 5.41) is 0.